The van der Waals surface area contributed by atoms with Crippen LogP contribution >= 0.6 is 11.6 Å². The number of morpholine rings is 1. The maximum atomic E-state index is 13.4. The Morgan fingerprint density at radius 2 is 1.82 bits per heavy atom. The topological polar surface area (TPSA) is 52.3 Å². The Kier molecular flexibility index (Phi) is 5.00. The summed E-state index contributed by atoms with van der Waals surface area (Å²) in [6.45, 7) is 5.10. The van der Waals surface area contributed by atoms with Gasteiger partial charge in [0, 0.05) is 31.4 Å². The van der Waals surface area contributed by atoms with Crippen LogP contribution in [0.5, 0.6) is 0 Å². The normalized spacial score (nSPS) is 19.8. The molecule has 1 fully saturated rings. The minimum absolute atomic E-state index is 0.00643. The Bertz CT molecular complexity index is 982. The average molecular weight is 399 g/mol. The molecule has 1 amide bonds. The van der Waals surface area contributed by atoms with Crippen LogP contribution in [0.1, 0.15) is 24.3 Å². The molecule has 0 bridgehead atoms. The summed E-state index contributed by atoms with van der Waals surface area (Å²) in [5.41, 5.74) is 3.02. The quantitative estimate of drug-likeness (QED) is 0.674. The van der Waals surface area contributed by atoms with E-state index in [0.717, 1.165) is 17.1 Å². The van der Waals surface area contributed by atoms with Gasteiger partial charge in [-0.05, 0) is 56.3 Å². The Hall–Kier alpha value is -2.57. The number of aryl methyl sites for hydroxylation is 1. The third-order valence-corrected chi connectivity index (χ3v) is 5.16. The van der Waals surface area contributed by atoms with Gasteiger partial charge in [-0.15, -0.1) is 0 Å². The number of carbonyl (C=O) groups excluding carboxylic acids is 1. The van der Waals surface area contributed by atoms with Crippen molar-refractivity contribution in [2.24, 2.45) is 7.05 Å². The van der Waals surface area contributed by atoms with Gasteiger partial charge in [0.2, 0.25) is 0 Å². The van der Waals surface area contributed by atoms with Crippen molar-refractivity contribution in [1.29, 1.82) is 0 Å². The van der Waals surface area contributed by atoms with E-state index < -0.39 is 0 Å². The number of hydrogen-bond donors (Lipinski definition) is 0. The molecular weight excluding hydrogens is 376 g/mol. The maximum absolute atomic E-state index is 13.4. The minimum Gasteiger partial charge on any atom is -0.372 e. The van der Waals surface area contributed by atoms with E-state index in [-0.39, 0.29) is 18.1 Å². The van der Waals surface area contributed by atoms with Crippen LogP contribution in [0, 0.1) is 0 Å². The van der Waals surface area contributed by atoms with E-state index >= 15 is 0 Å². The summed E-state index contributed by atoms with van der Waals surface area (Å²) >= 11 is 6.04. The van der Waals surface area contributed by atoms with Crippen LogP contribution in [0.2, 0.25) is 5.02 Å². The molecule has 3 heterocycles. The first-order chi connectivity index (χ1) is 13.4. The maximum Gasteiger partial charge on any atom is 0.272 e. The number of ether oxygens (including phenoxy) is 1. The zero-order valence-corrected chi connectivity index (χ0v) is 16.9. The summed E-state index contributed by atoms with van der Waals surface area (Å²) in [4.78, 5) is 15.2. The van der Waals surface area contributed by atoms with Gasteiger partial charge < -0.3 is 14.2 Å². The van der Waals surface area contributed by atoms with E-state index in [2.05, 4.69) is 0 Å². The zero-order chi connectivity index (χ0) is 19.8. The monoisotopic (exact) mass is 398 g/mol. The van der Waals surface area contributed by atoms with Crippen molar-refractivity contribution in [3.63, 3.8) is 0 Å². The SMILES string of the molecule is CC1CN(C(=O)c2cc(-c3cccn3C)nn2-c2ccc(Cl)cc2)CC(C)O1. The Morgan fingerprint density at radius 3 is 2.43 bits per heavy atom. The van der Waals surface area contributed by atoms with Crippen molar-refractivity contribution in [2.45, 2.75) is 26.1 Å². The molecule has 1 saturated heterocycles. The van der Waals surface area contributed by atoms with Gasteiger partial charge in [-0.3, -0.25) is 4.79 Å². The zero-order valence-electron chi connectivity index (χ0n) is 16.2. The number of amides is 1. The van der Waals surface area contributed by atoms with E-state index in [9.17, 15) is 4.79 Å². The number of nitrogens with zero attached hydrogens (tertiary/aromatic N) is 4. The van der Waals surface area contributed by atoms with Crippen LogP contribution in [0.4, 0.5) is 0 Å². The van der Waals surface area contributed by atoms with Crippen LogP contribution in [0.3, 0.4) is 0 Å². The van der Waals surface area contributed by atoms with E-state index in [1.807, 2.05) is 66.9 Å². The summed E-state index contributed by atoms with van der Waals surface area (Å²) in [5, 5.41) is 5.38. The lowest BCUT2D eigenvalue weighted by molar-refractivity contribution is -0.0588. The molecule has 2 aromatic heterocycles. The second-order valence-corrected chi connectivity index (χ2v) is 7.71. The summed E-state index contributed by atoms with van der Waals surface area (Å²) in [7, 11) is 1.96. The van der Waals surface area contributed by atoms with Gasteiger partial charge in [-0.1, -0.05) is 11.6 Å². The number of aromatic nitrogens is 3. The highest BCUT2D eigenvalue weighted by Crippen LogP contribution is 2.24. The van der Waals surface area contributed by atoms with Crippen molar-refractivity contribution in [2.75, 3.05) is 13.1 Å². The molecule has 146 valence electrons. The van der Waals surface area contributed by atoms with Crippen LogP contribution < -0.4 is 0 Å². The number of benzene rings is 1. The highest BCUT2D eigenvalue weighted by molar-refractivity contribution is 6.30. The Labute approximate surface area is 169 Å². The fourth-order valence-electron chi connectivity index (χ4n) is 3.67. The number of hydrogen-bond acceptors (Lipinski definition) is 3. The largest absolute Gasteiger partial charge is 0.372 e. The van der Waals surface area contributed by atoms with Crippen LogP contribution in [-0.2, 0) is 11.8 Å². The molecule has 6 nitrogen and oxygen atoms in total. The average Bonchev–Trinajstić information content (AvgIpc) is 3.27. The van der Waals surface area contributed by atoms with Gasteiger partial charge in [0.15, 0.2) is 0 Å². The first kappa shape index (κ1) is 18.8. The molecule has 0 saturated carbocycles. The molecule has 0 radical (unpaired) electrons. The van der Waals surface area contributed by atoms with E-state index in [0.29, 0.717) is 23.8 Å². The molecule has 7 heteroatoms. The van der Waals surface area contributed by atoms with Gasteiger partial charge in [-0.25, -0.2) is 4.68 Å². The second kappa shape index (κ2) is 7.45. The van der Waals surface area contributed by atoms with E-state index in [1.54, 1.807) is 16.8 Å². The minimum atomic E-state index is -0.0510. The van der Waals surface area contributed by atoms with Gasteiger partial charge in [0.1, 0.15) is 11.4 Å². The number of carbonyl (C=O) groups is 1. The van der Waals surface area contributed by atoms with Crippen LogP contribution in [0.25, 0.3) is 17.1 Å². The second-order valence-electron chi connectivity index (χ2n) is 7.27. The predicted octanol–water partition coefficient (Wildman–Crippen LogP) is 3.78. The standard InChI is InChI=1S/C21H23ClN4O2/c1-14-12-25(13-15(2)28-14)21(27)20-11-18(19-5-4-10-24(19)3)23-26(20)17-8-6-16(22)7-9-17/h4-11,14-15H,12-13H2,1-3H3. The number of halogens is 1. The van der Waals surface area contributed by atoms with Gasteiger partial charge >= 0.3 is 0 Å². The molecule has 4 rings (SSSR count). The summed E-state index contributed by atoms with van der Waals surface area (Å²) in [6, 6.07) is 13.1. The molecule has 28 heavy (non-hydrogen) atoms. The van der Waals surface area contributed by atoms with Crippen LogP contribution in [0.15, 0.2) is 48.7 Å². The first-order valence-corrected chi connectivity index (χ1v) is 9.72. The molecule has 3 aromatic rings. The Balaban J connectivity index is 1.78. The third-order valence-electron chi connectivity index (χ3n) is 4.91. The smallest absolute Gasteiger partial charge is 0.272 e. The molecule has 2 atom stereocenters. The molecule has 1 aliphatic rings. The van der Waals surface area contributed by atoms with E-state index in [1.165, 1.54) is 0 Å². The van der Waals surface area contributed by atoms with Crippen molar-refractivity contribution in [3.05, 3.63) is 59.4 Å². The fraction of sp³-hybridized carbons (Fsp3) is 0.333. The summed E-state index contributed by atoms with van der Waals surface area (Å²) < 4.78 is 9.46. The van der Waals surface area contributed by atoms with Crippen molar-refractivity contribution in [3.8, 4) is 17.1 Å². The van der Waals surface area contributed by atoms with Crippen LogP contribution in [-0.4, -0.2) is 50.5 Å². The van der Waals surface area contributed by atoms with Crippen molar-refractivity contribution in [1.82, 2.24) is 19.2 Å². The van der Waals surface area contributed by atoms with Gasteiger partial charge in [0.05, 0.1) is 23.6 Å². The molecule has 0 N–H and O–H groups in total. The molecular formula is C21H23ClN4O2. The Morgan fingerprint density at radius 1 is 1.14 bits per heavy atom. The lowest BCUT2D eigenvalue weighted by Crippen LogP contribution is -2.48. The molecule has 1 aromatic carbocycles. The van der Waals surface area contributed by atoms with Crippen molar-refractivity contribution >= 4 is 17.5 Å². The first-order valence-electron chi connectivity index (χ1n) is 9.35. The third kappa shape index (κ3) is 3.57. The van der Waals surface area contributed by atoms with Gasteiger partial charge in [0.25, 0.3) is 5.91 Å². The fourth-order valence-corrected chi connectivity index (χ4v) is 3.80. The lowest BCUT2D eigenvalue weighted by atomic mass is 10.2. The summed E-state index contributed by atoms with van der Waals surface area (Å²) in [6.07, 6.45) is 1.97. The molecule has 0 spiro atoms. The lowest BCUT2D eigenvalue weighted by Gasteiger charge is -2.35. The molecule has 2 unspecified atom stereocenters. The van der Waals surface area contributed by atoms with Gasteiger partial charge in [-0.2, -0.15) is 5.10 Å². The number of rotatable bonds is 3. The summed E-state index contributed by atoms with van der Waals surface area (Å²) in [5.74, 6) is -0.0510. The highest BCUT2D eigenvalue weighted by atomic mass is 35.5. The van der Waals surface area contributed by atoms with Crippen molar-refractivity contribution < 1.29 is 9.53 Å². The highest BCUT2D eigenvalue weighted by Gasteiger charge is 2.29. The predicted molar refractivity (Wildman–Crippen MR) is 109 cm³/mol. The van der Waals surface area contributed by atoms with E-state index in [4.69, 9.17) is 21.4 Å². The molecule has 0 aliphatic carbocycles. The molecule has 1 aliphatic heterocycles.